The third kappa shape index (κ3) is 2.79. The van der Waals surface area contributed by atoms with Gasteiger partial charge in [-0.15, -0.1) is 0 Å². The van der Waals surface area contributed by atoms with E-state index in [2.05, 4.69) is 20.3 Å². The van der Waals surface area contributed by atoms with E-state index in [-0.39, 0.29) is 5.95 Å². The molecule has 1 aromatic heterocycles. The summed E-state index contributed by atoms with van der Waals surface area (Å²) in [6, 6.07) is 0.470. The number of ether oxygens (including phenoxy) is 1. The predicted molar refractivity (Wildman–Crippen MR) is 60.8 cm³/mol. The quantitative estimate of drug-likeness (QED) is 0.790. The van der Waals surface area contributed by atoms with Gasteiger partial charge in [-0.1, -0.05) is 12.8 Å². The highest BCUT2D eigenvalue weighted by Crippen LogP contribution is 2.20. The first-order chi connectivity index (χ1) is 7.78. The molecule has 3 N–H and O–H groups in total. The summed E-state index contributed by atoms with van der Waals surface area (Å²) in [5.74, 6) is 1.37. The van der Waals surface area contributed by atoms with E-state index >= 15 is 0 Å². The van der Waals surface area contributed by atoms with Crippen LogP contribution in [0, 0.1) is 0 Å². The fourth-order valence-corrected chi connectivity index (χ4v) is 1.95. The van der Waals surface area contributed by atoms with Gasteiger partial charge in [-0.25, -0.2) is 0 Å². The van der Waals surface area contributed by atoms with Crippen LogP contribution in [0.15, 0.2) is 0 Å². The number of rotatable bonds is 4. The molecule has 2 rings (SSSR count). The van der Waals surface area contributed by atoms with Crippen molar-refractivity contribution in [2.45, 2.75) is 38.3 Å². The second-order valence-corrected chi connectivity index (χ2v) is 3.99. The summed E-state index contributed by atoms with van der Waals surface area (Å²) in [5, 5.41) is 3.28. The van der Waals surface area contributed by atoms with Crippen LogP contribution in [0.5, 0.6) is 0 Å². The van der Waals surface area contributed by atoms with Crippen molar-refractivity contribution >= 4 is 11.9 Å². The Hall–Kier alpha value is -1.43. The molecule has 0 spiro atoms. The van der Waals surface area contributed by atoms with E-state index in [1.54, 1.807) is 7.11 Å². The van der Waals surface area contributed by atoms with E-state index in [9.17, 15) is 0 Å². The Morgan fingerprint density at radius 1 is 1.31 bits per heavy atom. The Morgan fingerprint density at radius 3 is 2.75 bits per heavy atom. The molecule has 0 saturated heterocycles. The second-order valence-electron chi connectivity index (χ2n) is 3.99. The van der Waals surface area contributed by atoms with Crippen molar-refractivity contribution < 1.29 is 4.74 Å². The SMILES string of the molecule is COCc1nc(N)nc(NC2CCCC2)n1. The third-order valence-corrected chi connectivity index (χ3v) is 2.66. The maximum Gasteiger partial charge on any atom is 0.228 e. The van der Waals surface area contributed by atoms with E-state index in [1.807, 2.05) is 0 Å². The van der Waals surface area contributed by atoms with Crippen LogP contribution in [-0.4, -0.2) is 28.1 Å². The lowest BCUT2D eigenvalue weighted by atomic mass is 10.2. The van der Waals surface area contributed by atoms with Gasteiger partial charge >= 0.3 is 0 Å². The van der Waals surface area contributed by atoms with Crippen molar-refractivity contribution in [3.63, 3.8) is 0 Å². The summed E-state index contributed by atoms with van der Waals surface area (Å²) in [4.78, 5) is 12.3. The second kappa shape index (κ2) is 5.07. The van der Waals surface area contributed by atoms with Crippen LogP contribution < -0.4 is 11.1 Å². The van der Waals surface area contributed by atoms with Crippen molar-refractivity contribution in [2.75, 3.05) is 18.2 Å². The molecule has 88 valence electrons. The number of nitrogens with two attached hydrogens (primary N) is 1. The minimum absolute atomic E-state index is 0.238. The Labute approximate surface area is 94.6 Å². The summed E-state index contributed by atoms with van der Waals surface area (Å²) in [6.07, 6.45) is 4.88. The maximum absolute atomic E-state index is 5.61. The number of aromatic nitrogens is 3. The zero-order chi connectivity index (χ0) is 11.4. The van der Waals surface area contributed by atoms with Gasteiger partial charge in [0.15, 0.2) is 5.82 Å². The van der Waals surface area contributed by atoms with Gasteiger partial charge in [0.2, 0.25) is 11.9 Å². The van der Waals surface area contributed by atoms with E-state index in [0.717, 1.165) is 0 Å². The third-order valence-electron chi connectivity index (χ3n) is 2.66. The normalized spacial score (nSPS) is 16.6. The first-order valence-electron chi connectivity index (χ1n) is 5.54. The van der Waals surface area contributed by atoms with E-state index in [1.165, 1.54) is 25.7 Å². The highest BCUT2D eigenvalue weighted by atomic mass is 16.5. The average molecular weight is 223 g/mol. The molecule has 0 bridgehead atoms. The minimum Gasteiger partial charge on any atom is -0.377 e. The molecule has 1 aliphatic carbocycles. The molecule has 16 heavy (non-hydrogen) atoms. The van der Waals surface area contributed by atoms with Crippen molar-refractivity contribution in [3.05, 3.63) is 5.82 Å². The van der Waals surface area contributed by atoms with Crippen LogP contribution >= 0.6 is 0 Å². The number of nitrogen functional groups attached to an aromatic ring is 1. The van der Waals surface area contributed by atoms with Crippen molar-refractivity contribution in [1.82, 2.24) is 15.0 Å². The smallest absolute Gasteiger partial charge is 0.228 e. The fourth-order valence-electron chi connectivity index (χ4n) is 1.95. The van der Waals surface area contributed by atoms with Crippen molar-refractivity contribution in [1.29, 1.82) is 0 Å². The molecule has 0 radical (unpaired) electrons. The molecule has 0 atom stereocenters. The van der Waals surface area contributed by atoms with E-state index in [0.29, 0.717) is 24.4 Å². The number of nitrogens with zero attached hydrogens (tertiary/aromatic N) is 3. The fraction of sp³-hybridized carbons (Fsp3) is 0.700. The van der Waals surface area contributed by atoms with Gasteiger partial charge in [-0.3, -0.25) is 0 Å². The average Bonchev–Trinajstić information content (AvgIpc) is 2.70. The van der Waals surface area contributed by atoms with Gasteiger partial charge in [-0.2, -0.15) is 15.0 Å². The van der Waals surface area contributed by atoms with Crippen LogP contribution in [0.2, 0.25) is 0 Å². The summed E-state index contributed by atoms with van der Waals surface area (Å²) in [6.45, 7) is 0.353. The number of hydrogen-bond acceptors (Lipinski definition) is 6. The molecule has 0 unspecified atom stereocenters. The molecule has 0 aliphatic heterocycles. The minimum atomic E-state index is 0.238. The molecule has 6 nitrogen and oxygen atoms in total. The first kappa shape index (κ1) is 11.1. The Bertz CT molecular complexity index is 351. The van der Waals surface area contributed by atoms with E-state index in [4.69, 9.17) is 10.5 Å². The Morgan fingerprint density at radius 2 is 2.06 bits per heavy atom. The summed E-state index contributed by atoms with van der Waals surface area (Å²) >= 11 is 0. The molecule has 1 aromatic rings. The van der Waals surface area contributed by atoms with Gasteiger partial charge in [0, 0.05) is 13.2 Å². The zero-order valence-corrected chi connectivity index (χ0v) is 9.44. The lowest BCUT2D eigenvalue weighted by molar-refractivity contribution is 0.178. The maximum atomic E-state index is 5.61. The summed E-state index contributed by atoms with van der Waals surface area (Å²) in [7, 11) is 1.60. The zero-order valence-electron chi connectivity index (χ0n) is 9.44. The molecule has 0 amide bonds. The Balaban J connectivity index is 2.06. The van der Waals surface area contributed by atoms with Crippen LogP contribution in [-0.2, 0) is 11.3 Å². The van der Waals surface area contributed by atoms with Crippen LogP contribution in [0.4, 0.5) is 11.9 Å². The highest BCUT2D eigenvalue weighted by Gasteiger charge is 2.16. The molecule has 1 fully saturated rings. The van der Waals surface area contributed by atoms with Crippen LogP contribution in [0.1, 0.15) is 31.5 Å². The Kier molecular flexibility index (Phi) is 3.51. The topological polar surface area (TPSA) is 86.0 Å². The van der Waals surface area contributed by atoms with Gasteiger partial charge in [-0.05, 0) is 12.8 Å². The number of anilines is 2. The van der Waals surface area contributed by atoms with Gasteiger partial charge in [0.05, 0.1) is 0 Å². The number of methoxy groups -OCH3 is 1. The molecule has 6 heteroatoms. The molecular weight excluding hydrogens is 206 g/mol. The monoisotopic (exact) mass is 223 g/mol. The van der Waals surface area contributed by atoms with E-state index < -0.39 is 0 Å². The van der Waals surface area contributed by atoms with Crippen molar-refractivity contribution in [2.24, 2.45) is 0 Å². The molecule has 1 heterocycles. The largest absolute Gasteiger partial charge is 0.377 e. The lowest BCUT2D eigenvalue weighted by Gasteiger charge is -2.12. The number of nitrogens with one attached hydrogen (secondary N) is 1. The summed E-state index contributed by atoms with van der Waals surface area (Å²) in [5.41, 5.74) is 5.61. The van der Waals surface area contributed by atoms with Crippen molar-refractivity contribution in [3.8, 4) is 0 Å². The van der Waals surface area contributed by atoms with Gasteiger partial charge < -0.3 is 15.8 Å². The lowest BCUT2D eigenvalue weighted by Crippen LogP contribution is -2.18. The first-order valence-corrected chi connectivity index (χ1v) is 5.54. The highest BCUT2D eigenvalue weighted by molar-refractivity contribution is 5.32. The molecule has 1 aliphatic rings. The standard InChI is InChI=1S/C10H17N5O/c1-16-6-8-13-9(11)15-10(14-8)12-7-4-2-3-5-7/h7H,2-6H2,1H3,(H3,11,12,13,14,15). The molecule has 0 aromatic carbocycles. The molecule has 1 saturated carbocycles. The van der Waals surface area contributed by atoms with Crippen LogP contribution in [0.25, 0.3) is 0 Å². The molecular formula is C10H17N5O. The predicted octanol–water partition coefficient (Wildman–Crippen LogP) is 0.955. The number of hydrogen-bond donors (Lipinski definition) is 2. The van der Waals surface area contributed by atoms with Gasteiger partial charge in [0.1, 0.15) is 6.61 Å². The van der Waals surface area contributed by atoms with Gasteiger partial charge in [0.25, 0.3) is 0 Å². The summed E-state index contributed by atoms with van der Waals surface area (Å²) < 4.78 is 4.97. The van der Waals surface area contributed by atoms with Crippen LogP contribution in [0.3, 0.4) is 0 Å².